The third-order valence-electron chi connectivity index (χ3n) is 3.46. The van der Waals surface area contributed by atoms with E-state index in [9.17, 15) is 4.79 Å². The fourth-order valence-corrected chi connectivity index (χ4v) is 3.08. The second-order valence-electron chi connectivity index (χ2n) is 5.11. The summed E-state index contributed by atoms with van der Waals surface area (Å²) in [5, 5.41) is 6.09. The van der Waals surface area contributed by atoms with Crippen molar-refractivity contribution >= 4 is 22.5 Å². The number of hydrogen-bond acceptors (Lipinski definition) is 4. The van der Waals surface area contributed by atoms with Gasteiger partial charge in [0.2, 0.25) is 0 Å². The van der Waals surface area contributed by atoms with Gasteiger partial charge in [0.25, 0.3) is 0 Å². The van der Waals surface area contributed by atoms with Crippen LogP contribution >= 0.6 is 11.3 Å². The van der Waals surface area contributed by atoms with E-state index in [2.05, 4.69) is 33.6 Å². The van der Waals surface area contributed by atoms with Crippen LogP contribution in [0.2, 0.25) is 0 Å². The normalized spacial score (nSPS) is 10.5. The molecule has 0 unspecified atom stereocenters. The molecule has 23 heavy (non-hydrogen) atoms. The van der Waals surface area contributed by atoms with Gasteiger partial charge in [0.15, 0.2) is 5.13 Å². The summed E-state index contributed by atoms with van der Waals surface area (Å²) < 4.78 is 1.86. The highest BCUT2D eigenvalue weighted by atomic mass is 32.1. The van der Waals surface area contributed by atoms with Crippen molar-refractivity contribution in [1.29, 1.82) is 0 Å². The van der Waals surface area contributed by atoms with E-state index < -0.39 is 0 Å². The van der Waals surface area contributed by atoms with E-state index in [1.807, 2.05) is 36.0 Å². The van der Waals surface area contributed by atoms with Gasteiger partial charge in [0, 0.05) is 25.6 Å². The third kappa shape index (κ3) is 3.57. The molecule has 2 amide bonds. The Balaban J connectivity index is 1.62. The Kier molecular flexibility index (Phi) is 4.38. The van der Waals surface area contributed by atoms with Crippen LogP contribution in [0.15, 0.2) is 42.9 Å². The molecule has 0 saturated carbocycles. The molecule has 118 valence electrons. The first kappa shape index (κ1) is 15.2. The number of nitrogens with zero attached hydrogens (tertiary/aromatic N) is 3. The summed E-state index contributed by atoms with van der Waals surface area (Å²) in [7, 11) is 1.89. The molecular weight excluding hydrogens is 310 g/mol. The molecule has 2 heterocycles. The summed E-state index contributed by atoms with van der Waals surface area (Å²) in [4.78, 5) is 21.4. The van der Waals surface area contributed by atoms with Gasteiger partial charge >= 0.3 is 6.03 Å². The van der Waals surface area contributed by atoms with Crippen LogP contribution in [0.4, 0.5) is 9.93 Å². The van der Waals surface area contributed by atoms with Crippen LogP contribution in [0.3, 0.4) is 0 Å². The number of carbonyl (C=O) groups is 1. The first-order valence-corrected chi connectivity index (χ1v) is 7.98. The average Bonchev–Trinajstić information content (AvgIpc) is 3.15. The molecule has 0 bridgehead atoms. The molecule has 0 aliphatic heterocycles. The lowest BCUT2D eigenvalue weighted by atomic mass is 10.1. The van der Waals surface area contributed by atoms with E-state index >= 15 is 0 Å². The van der Waals surface area contributed by atoms with Crippen LogP contribution < -0.4 is 10.6 Å². The Bertz CT molecular complexity index is 823. The number of aryl methyl sites for hydroxylation is 2. The Morgan fingerprint density at radius 2 is 2.13 bits per heavy atom. The molecule has 2 N–H and O–H groups in total. The first-order chi connectivity index (χ1) is 11.1. The predicted octanol–water partition coefficient (Wildman–Crippen LogP) is 3.17. The van der Waals surface area contributed by atoms with Gasteiger partial charge in [-0.3, -0.25) is 5.32 Å². The van der Waals surface area contributed by atoms with Crippen LogP contribution in [0.5, 0.6) is 0 Å². The number of aromatic nitrogens is 3. The van der Waals surface area contributed by atoms with E-state index in [1.54, 1.807) is 12.4 Å². The molecule has 2 aromatic heterocycles. The Hall–Kier alpha value is -2.67. The lowest BCUT2D eigenvalue weighted by Gasteiger charge is -2.05. The number of nitrogens with one attached hydrogen (secondary N) is 2. The number of imidazole rings is 1. The van der Waals surface area contributed by atoms with Crippen LogP contribution in [-0.2, 0) is 13.6 Å². The monoisotopic (exact) mass is 327 g/mol. The zero-order valence-corrected chi connectivity index (χ0v) is 13.7. The fraction of sp³-hybridized carbons (Fsp3) is 0.188. The lowest BCUT2D eigenvalue weighted by Crippen LogP contribution is -2.29. The minimum atomic E-state index is -0.293. The number of thiazole rings is 1. The highest BCUT2D eigenvalue weighted by molar-refractivity contribution is 7.19. The minimum absolute atomic E-state index is 0.293. The quantitative estimate of drug-likeness (QED) is 0.773. The highest BCUT2D eigenvalue weighted by Gasteiger charge is 2.09. The van der Waals surface area contributed by atoms with E-state index in [4.69, 9.17) is 0 Å². The lowest BCUT2D eigenvalue weighted by molar-refractivity contribution is 0.251. The molecule has 0 saturated heterocycles. The van der Waals surface area contributed by atoms with Crippen molar-refractivity contribution in [2.45, 2.75) is 13.5 Å². The number of rotatable bonds is 4. The van der Waals surface area contributed by atoms with Gasteiger partial charge in [0.1, 0.15) is 5.82 Å². The molecule has 0 spiro atoms. The third-order valence-corrected chi connectivity index (χ3v) is 4.41. The summed E-state index contributed by atoms with van der Waals surface area (Å²) in [6, 6.07) is 7.81. The van der Waals surface area contributed by atoms with Crippen LogP contribution in [0.25, 0.3) is 10.4 Å². The molecule has 3 rings (SSSR count). The zero-order chi connectivity index (χ0) is 16.2. The van der Waals surface area contributed by atoms with Crippen LogP contribution in [0.1, 0.15) is 11.4 Å². The second-order valence-corrected chi connectivity index (χ2v) is 6.14. The molecule has 0 aliphatic carbocycles. The van der Waals surface area contributed by atoms with Crippen LogP contribution in [0, 0.1) is 6.92 Å². The van der Waals surface area contributed by atoms with E-state index in [-0.39, 0.29) is 6.03 Å². The predicted molar refractivity (Wildman–Crippen MR) is 91.4 cm³/mol. The van der Waals surface area contributed by atoms with Gasteiger partial charge in [-0.2, -0.15) is 0 Å². The molecule has 0 atom stereocenters. The number of urea groups is 1. The maximum atomic E-state index is 11.9. The van der Waals surface area contributed by atoms with Gasteiger partial charge in [-0.15, -0.1) is 0 Å². The Morgan fingerprint density at radius 1 is 1.30 bits per heavy atom. The number of amides is 2. The van der Waals surface area contributed by atoms with Gasteiger partial charge in [-0.25, -0.2) is 14.8 Å². The maximum Gasteiger partial charge on any atom is 0.321 e. The summed E-state index contributed by atoms with van der Waals surface area (Å²) >= 11 is 1.45. The minimum Gasteiger partial charge on any atom is -0.337 e. The Labute approximate surface area is 138 Å². The van der Waals surface area contributed by atoms with Crippen molar-refractivity contribution in [1.82, 2.24) is 19.9 Å². The Morgan fingerprint density at radius 3 is 2.87 bits per heavy atom. The van der Waals surface area contributed by atoms with Gasteiger partial charge in [-0.1, -0.05) is 35.6 Å². The fourth-order valence-electron chi connectivity index (χ4n) is 2.17. The van der Waals surface area contributed by atoms with Crippen molar-refractivity contribution < 1.29 is 4.79 Å². The van der Waals surface area contributed by atoms with Crippen LogP contribution in [-0.4, -0.2) is 20.6 Å². The van der Waals surface area contributed by atoms with Gasteiger partial charge in [-0.05, 0) is 18.1 Å². The smallest absolute Gasteiger partial charge is 0.321 e. The molecular formula is C16H17N5OS. The molecule has 0 aliphatic rings. The number of anilines is 1. The number of carbonyl (C=O) groups excluding carboxylic acids is 1. The van der Waals surface area contributed by atoms with Gasteiger partial charge < -0.3 is 9.88 Å². The van der Waals surface area contributed by atoms with E-state index in [0.29, 0.717) is 11.7 Å². The summed E-state index contributed by atoms with van der Waals surface area (Å²) in [6.45, 7) is 2.42. The standard InChI is InChI=1S/C16H17N5OS/c1-11-5-3-4-6-12(11)13-9-19-16(23-13)20-15(22)18-10-14-17-7-8-21(14)2/h3-9H,10H2,1-2H3,(H2,18,19,20,22). The number of benzene rings is 1. The molecule has 3 aromatic rings. The van der Waals surface area contributed by atoms with E-state index in [1.165, 1.54) is 16.9 Å². The van der Waals surface area contributed by atoms with Crippen molar-refractivity contribution in [2.24, 2.45) is 7.05 Å². The molecule has 7 heteroatoms. The average molecular weight is 327 g/mol. The highest BCUT2D eigenvalue weighted by Crippen LogP contribution is 2.30. The molecule has 0 fully saturated rings. The summed E-state index contributed by atoms with van der Waals surface area (Å²) in [5.74, 6) is 0.792. The van der Waals surface area contributed by atoms with Crippen molar-refractivity contribution in [3.63, 3.8) is 0 Å². The molecule has 6 nitrogen and oxygen atoms in total. The maximum absolute atomic E-state index is 11.9. The first-order valence-electron chi connectivity index (χ1n) is 7.16. The number of hydrogen-bond donors (Lipinski definition) is 2. The topological polar surface area (TPSA) is 71.8 Å². The SMILES string of the molecule is Cc1ccccc1-c1cnc(NC(=O)NCc2nccn2C)s1. The molecule has 0 radical (unpaired) electrons. The van der Waals surface area contributed by atoms with Gasteiger partial charge in [0.05, 0.1) is 11.4 Å². The molecule has 1 aromatic carbocycles. The zero-order valence-electron chi connectivity index (χ0n) is 12.9. The van der Waals surface area contributed by atoms with Crippen molar-refractivity contribution in [2.75, 3.05) is 5.32 Å². The van der Waals surface area contributed by atoms with Crippen molar-refractivity contribution in [3.8, 4) is 10.4 Å². The largest absolute Gasteiger partial charge is 0.337 e. The second kappa shape index (κ2) is 6.62. The summed E-state index contributed by atoms with van der Waals surface area (Å²) in [5.41, 5.74) is 2.31. The van der Waals surface area contributed by atoms with Crippen molar-refractivity contribution in [3.05, 3.63) is 54.2 Å². The van der Waals surface area contributed by atoms with E-state index in [0.717, 1.165) is 16.3 Å². The summed E-state index contributed by atoms with van der Waals surface area (Å²) in [6.07, 6.45) is 5.32.